The molecule has 3 aliphatic rings. The van der Waals surface area contributed by atoms with Crippen molar-refractivity contribution in [2.75, 3.05) is 31.1 Å². The van der Waals surface area contributed by atoms with Gasteiger partial charge in [-0.1, -0.05) is 34.8 Å². The van der Waals surface area contributed by atoms with Gasteiger partial charge in [-0.3, -0.25) is 9.59 Å². The molecule has 1 N–H and O–H groups in total. The molecule has 1 aromatic carbocycles. The molecule has 2 heterocycles. The van der Waals surface area contributed by atoms with Gasteiger partial charge in [0.2, 0.25) is 11.8 Å². The van der Waals surface area contributed by atoms with Gasteiger partial charge >= 0.3 is 0 Å². The molecule has 0 aromatic heterocycles. The summed E-state index contributed by atoms with van der Waals surface area (Å²) in [5, 5.41) is 3.13. The van der Waals surface area contributed by atoms with E-state index in [0.717, 1.165) is 36.8 Å². The number of likely N-dealkylation sites (tertiary alicyclic amines) is 1. The van der Waals surface area contributed by atoms with Crippen molar-refractivity contribution in [3.05, 3.63) is 28.7 Å². The Kier molecular flexibility index (Phi) is 5.71. The lowest BCUT2D eigenvalue weighted by Crippen LogP contribution is -2.38. The zero-order chi connectivity index (χ0) is 18.8. The zero-order valence-corrected chi connectivity index (χ0v) is 17.3. The number of halogens is 1. The van der Waals surface area contributed by atoms with Crippen LogP contribution in [0, 0.1) is 11.8 Å². The van der Waals surface area contributed by atoms with Gasteiger partial charge in [0.1, 0.15) is 0 Å². The number of rotatable bonds is 5. The van der Waals surface area contributed by atoms with Crippen molar-refractivity contribution in [3.8, 4) is 0 Å². The summed E-state index contributed by atoms with van der Waals surface area (Å²) in [5.41, 5.74) is 1.23. The molecule has 4 rings (SSSR count). The van der Waals surface area contributed by atoms with E-state index in [1.807, 2.05) is 11.0 Å². The van der Waals surface area contributed by atoms with Crippen molar-refractivity contribution >= 4 is 33.4 Å². The molecule has 1 saturated carbocycles. The summed E-state index contributed by atoms with van der Waals surface area (Å²) in [6.07, 6.45) is 6.10. The molecule has 2 amide bonds. The highest BCUT2D eigenvalue weighted by Gasteiger charge is 2.38. The Morgan fingerprint density at radius 3 is 2.78 bits per heavy atom. The van der Waals surface area contributed by atoms with Crippen LogP contribution >= 0.6 is 15.9 Å². The Labute approximate surface area is 169 Å². The summed E-state index contributed by atoms with van der Waals surface area (Å²) in [4.78, 5) is 29.2. The van der Waals surface area contributed by atoms with Crippen molar-refractivity contribution in [1.29, 1.82) is 0 Å². The van der Waals surface area contributed by atoms with E-state index in [9.17, 15) is 9.59 Å². The second-order valence-corrected chi connectivity index (χ2v) is 9.13. The number of carbonyl (C=O) groups excluding carboxylic acids is 2. The van der Waals surface area contributed by atoms with E-state index < -0.39 is 0 Å². The van der Waals surface area contributed by atoms with Gasteiger partial charge in [0.05, 0.1) is 5.92 Å². The maximum absolute atomic E-state index is 12.6. The van der Waals surface area contributed by atoms with Gasteiger partial charge in [-0.2, -0.15) is 0 Å². The highest BCUT2D eigenvalue weighted by Crippen LogP contribution is 2.30. The van der Waals surface area contributed by atoms with Crippen molar-refractivity contribution in [2.45, 2.75) is 44.6 Å². The van der Waals surface area contributed by atoms with Gasteiger partial charge in [0.25, 0.3) is 0 Å². The van der Waals surface area contributed by atoms with Crippen LogP contribution in [0.25, 0.3) is 0 Å². The molecule has 0 radical (unpaired) electrons. The second-order valence-electron chi connectivity index (χ2n) is 8.21. The quantitative estimate of drug-likeness (QED) is 0.775. The lowest BCUT2D eigenvalue weighted by Gasteiger charge is -2.24. The SMILES string of the molecule is O=C(NC[C@H]1CCN(c2cccc(Br)c2)C1)[C@H]1CC(=O)N(C2CCCC2)C1. The van der Waals surface area contributed by atoms with Gasteiger partial charge in [0, 0.05) is 48.8 Å². The number of benzene rings is 1. The van der Waals surface area contributed by atoms with Crippen LogP contribution in [0.15, 0.2) is 28.7 Å². The average molecular weight is 434 g/mol. The fraction of sp³-hybridized carbons (Fsp3) is 0.619. The average Bonchev–Trinajstić information content (AvgIpc) is 3.40. The van der Waals surface area contributed by atoms with E-state index in [-0.39, 0.29) is 17.7 Å². The number of hydrogen-bond acceptors (Lipinski definition) is 3. The van der Waals surface area contributed by atoms with Gasteiger partial charge in [0.15, 0.2) is 0 Å². The Bertz CT molecular complexity index is 704. The molecule has 1 aromatic rings. The first-order valence-corrected chi connectivity index (χ1v) is 11.0. The summed E-state index contributed by atoms with van der Waals surface area (Å²) in [7, 11) is 0. The third-order valence-corrected chi connectivity index (χ3v) is 6.81. The van der Waals surface area contributed by atoms with Crippen molar-refractivity contribution < 1.29 is 9.59 Å². The highest BCUT2D eigenvalue weighted by molar-refractivity contribution is 9.10. The fourth-order valence-electron chi connectivity index (χ4n) is 4.77. The Morgan fingerprint density at radius 2 is 2.00 bits per heavy atom. The molecule has 1 aliphatic carbocycles. The van der Waals surface area contributed by atoms with Crippen LogP contribution in [-0.2, 0) is 9.59 Å². The third-order valence-electron chi connectivity index (χ3n) is 6.32. The Morgan fingerprint density at radius 1 is 1.19 bits per heavy atom. The maximum atomic E-state index is 12.6. The molecule has 5 nitrogen and oxygen atoms in total. The van der Waals surface area contributed by atoms with E-state index in [1.54, 1.807) is 0 Å². The lowest BCUT2D eigenvalue weighted by atomic mass is 10.1. The Balaban J connectivity index is 1.24. The van der Waals surface area contributed by atoms with Crippen LogP contribution in [0.5, 0.6) is 0 Å². The predicted molar refractivity (Wildman–Crippen MR) is 110 cm³/mol. The Hall–Kier alpha value is -1.56. The van der Waals surface area contributed by atoms with Gasteiger partial charge in [-0.25, -0.2) is 0 Å². The maximum Gasteiger partial charge on any atom is 0.225 e. The normalized spacial score (nSPS) is 26.2. The molecule has 3 fully saturated rings. The standard InChI is InChI=1S/C21H28BrN3O2/c22-17-4-3-7-19(11-17)24-9-8-15(13-24)12-23-21(27)16-10-20(26)25(14-16)18-5-1-2-6-18/h3-4,7,11,15-16,18H,1-2,5-6,8-10,12-14H2,(H,23,27)/t15-,16+/m1/s1. The molecule has 6 heteroatoms. The van der Waals surface area contributed by atoms with E-state index in [2.05, 4.69) is 44.3 Å². The minimum absolute atomic E-state index is 0.0600. The van der Waals surface area contributed by atoms with Crippen molar-refractivity contribution in [1.82, 2.24) is 10.2 Å². The summed E-state index contributed by atoms with van der Waals surface area (Å²) >= 11 is 3.53. The first-order chi connectivity index (χ1) is 13.1. The van der Waals surface area contributed by atoms with Gasteiger partial charge in [-0.05, 0) is 43.4 Å². The lowest BCUT2D eigenvalue weighted by molar-refractivity contribution is -0.130. The van der Waals surface area contributed by atoms with Gasteiger partial charge < -0.3 is 15.1 Å². The number of amides is 2. The van der Waals surface area contributed by atoms with E-state index in [0.29, 0.717) is 31.5 Å². The van der Waals surface area contributed by atoms with Crippen LogP contribution in [0.2, 0.25) is 0 Å². The summed E-state index contributed by atoms with van der Waals surface area (Å²) in [6.45, 7) is 3.31. The van der Waals surface area contributed by atoms with Crippen molar-refractivity contribution in [2.24, 2.45) is 11.8 Å². The fourth-order valence-corrected chi connectivity index (χ4v) is 5.16. The molecular formula is C21H28BrN3O2. The van der Waals surface area contributed by atoms with E-state index >= 15 is 0 Å². The monoisotopic (exact) mass is 433 g/mol. The molecule has 146 valence electrons. The third kappa shape index (κ3) is 4.31. The van der Waals surface area contributed by atoms with E-state index in [1.165, 1.54) is 18.5 Å². The second kappa shape index (κ2) is 8.21. The minimum atomic E-state index is -0.166. The smallest absolute Gasteiger partial charge is 0.225 e. The highest BCUT2D eigenvalue weighted by atomic mass is 79.9. The van der Waals surface area contributed by atoms with Crippen LogP contribution in [0.1, 0.15) is 38.5 Å². The van der Waals surface area contributed by atoms with Gasteiger partial charge in [-0.15, -0.1) is 0 Å². The molecule has 0 bridgehead atoms. The molecule has 0 spiro atoms. The van der Waals surface area contributed by atoms with Crippen LogP contribution in [0.4, 0.5) is 5.69 Å². The molecule has 2 saturated heterocycles. The van der Waals surface area contributed by atoms with Crippen LogP contribution in [-0.4, -0.2) is 48.9 Å². The molecule has 0 unspecified atom stereocenters. The summed E-state index contributed by atoms with van der Waals surface area (Å²) in [6, 6.07) is 8.75. The number of nitrogens with zero attached hydrogens (tertiary/aromatic N) is 2. The topological polar surface area (TPSA) is 52.7 Å². The zero-order valence-electron chi connectivity index (χ0n) is 15.7. The van der Waals surface area contributed by atoms with Crippen LogP contribution in [0.3, 0.4) is 0 Å². The molecular weight excluding hydrogens is 406 g/mol. The van der Waals surface area contributed by atoms with Crippen molar-refractivity contribution in [3.63, 3.8) is 0 Å². The summed E-state index contributed by atoms with van der Waals surface area (Å²) in [5.74, 6) is 0.533. The molecule has 2 atom stereocenters. The first kappa shape index (κ1) is 18.8. The number of nitrogens with one attached hydrogen (secondary N) is 1. The van der Waals surface area contributed by atoms with Crippen LogP contribution < -0.4 is 10.2 Å². The molecule has 27 heavy (non-hydrogen) atoms. The first-order valence-electron chi connectivity index (χ1n) is 10.2. The number of hydrogen-bond donors (Lipinski definition) is 1. The molecule has 2 aliphatic heterocycles. The largest absolute Gasteiger partial charge is 0.371 e. The number of carbonyl (C=O) groups is 2. The summed E-state index contributed by atoms with van der Waals surface area (Å²) < 4.78 is 1.09. The predicted octanol–water partition coefficient (Wildman–Crippen LogP) is 3.18. The minimum Gasteiger partial charge on any atom is -0.371 e. The van der Waals surface area contributed by atoms with E-state index in [4.69, 9.17) is 0 Å². The number of anilines is 1.